The van der Waals surface area contributed by atoms with Gasteiger partial charge in [-0.2, -0.15) is 13.2 Å². The summed E-state index contributed by atoms with van der Waals surface area (Å²) in [6.45, 7) is 5.05. The molecule has 4 atom stereocenters. The molecule has 0 fully saturated rings. The third-order valence-corrected chi connectivity index (χ3v) is 6.21. The minimum absolute atomic E-state index is 0.0332. The highest BCUT2D eigenvalue weighted by Gasteiger charge is 2.35. The van der Waals surface area contributed by atoms with Crippen LogP contribution in [-0.2, 0) is 6.18 Å². The molecule has 0 bridgehead atoms. The number of anilines is 1. The van der Waals surface area contributed by atoms with Crippen molar-refractivity contribution < 1.29 is 37.7 Å². The number of benzene rings is 1. The highest BCUT2D eigenvalue weighted by molar-refractivity contribution is 5.97. The number of alkyl halides is 3. The number of ether oxygens (including phenoxy) is 1. The fourth-order valence-corrected chi connectivity index (χ4v) is 3.89. The highest BCUT2D eigenvalue weighted by atomic mass is 19.4. The van der Waals surface area contributed by atoms with E-state index in [1.54, 1.807) is 6.92 Å². The van der Waals surface area contributed by atoms with Gasteiger partial charge in [-0.15, -0.1) is 0 Å². The molecule has 0 aliphatic carbocycles. The Hall–Kier alpha value is -3.82. The average molecular weight is 549 g/mol. The molecule has 3 N–H and O–H groups in total. The summed E-state index contributed by atoms with van der Waals surface area (Å²) >= 11 is 0. The lowest BCUT2D eigenvalue weighted by atomic mass is 10.00. The number of carbonyl (C=O) groups is 2. The highest BCUT2D eigenvalue weighted by Crippen LogP contribution is 2.30. The first-order valence-corrected chi connectivity index (χ1v) is 12.3. The van der Waals surface area contributed by atoms with Gasteiger partial charge in [0, 0.05) is 37.0 Å². The summed E-state index contributed by atoms with van der Waals surface area (Å²) in [6, 6.07) is 4.52. The van der Waals surface area contributed by atoms with Crippen molar-refractivity contribution in [2.75, 3.05) is 32.1 Å². The van der Waals surface area contributed by atoms with Gasteiger partial charge in [0.25, 0.3) is 5.91 Å². The predicted octanol–water partition coefficient (Wildman–Crippen LogP) is 3.22. The first kappa shape index (κ1) is 29.7. The van der Waals surface area contributed by atoms with Gasteiger partial charge in [0.05, 0.1) is 24.8 Å². The van der Waals surface area contributed by atoms with Crippen LogP contribution in [0.1, 0.15) is 42.3 Å². The molecule has 1 aliphatic rings. The van der Waals surface area contributed by atoms with Crippen LogP contribution >= 0.6 is 0 Å². The molecule has 12 heteroatoms. The number of rotatable bonds is 5. The van der Waals surface area contributed by atoms with Crippen LogP contribution in [0, 0.1) is 17.8 Å². The zero-order chi connectivity index (χ0) is 28.9. The van der Waals surface area contributed by atoms with Crippen LogP contribution in [0.2, 0.25) is 0 Å². The lowest BCUT2D eigenvalue weighted by Crippen LogP contribution is -2.50. The number of carbonyl (C=O) groups excluding carboxylic acids is 2. The van der Waals surface area contributed by atoms with E-state index in [4.69, 9.17) is 4.74 Å². The molecule has 1 aromatic heterocycles. The molecule has 0 saturated heterocycles. The number of fused-ring (bicyclic) bond motifs is 1. The Kier molecular flexibility index (Phi) is 9.42. The summed E-state index contributed by atoms with van der Waals surface area (Å²) in [5.74, 6) is 4.68. The molecule has 0 unspecified atom stereocenters. The topological polar surface area (TPSA) is 115 Å². The number of hydrogen-bond donors (Lipinski definition) is 3. The number of hydrogen-bond acceptors (Lipinski definition) is 6. The zero-order valence-electron chi connectivity index (χ0n) is 22.0. The standard InChI is InChI=1S/C27H31F3N4O5/c1-16-13-34(17(2)15-35)25(37)22-11-19(6-5-18(3)36)12-31-24(22)39-23(16)14-33(4)26(38)32-21-9-7-20(8-10-21)27(28,29)30/h7-12,16-18,23,35-36H,13-15H2,1-4H3,(H,32,38)/t16-,17-,18-,23+/m1/s1. The Morgan fingerprint density at radius 3 is 2.56 bits per heavy atom. The number of urea groups is 1. The summed E-state index contributed by atoms with van der Waals surface area (Å²) in [5.41, 5.74) is -0.117. The second-order valence-corrected chi connectivity index (χ2v) is 9.53. The molecule has 39 heavy (non-hydrogen) atoms. The largest absolute Gasteiger partial charge is 0.472 e. The van der Waals surface area contributed by atoms with Crippen LogP contribution in [-0.4, -0.2) is 81.9 Å². The number of halogens is 3. The van der Waals surface area contributed by atoms with E-state index in [2.05, 4.69) is 22.1 Å². The fourth-order valence-electron chi connectivity index (χ4n) is 3.89. The Balaban J connectivity index is 1.84. The molecule has 0 spiro atoms. The molecule has 1 aromatic carbocycles. The quantitative estimate of drug-likeness (QED) is 0.495. The van der Waals surface area contributed by atoms with E-state index >= 15 is 0 Å². The number of nitrogens with zero attached hydrogens (tertiary/aromatic N) is 3. The normalized spacial score (nSPS) is 18.9. The van der Waals surface area contributed by atoms with Crippen molar-refractivity contribution in [3.8, 4) is 17.7 Å². The van der Waals surface area contributed by atoms with Crippen molar-refractivity contribution in [1.29, 1.82) is 0 Å². The zero-order valence-corrected chi connectivity index (χ0v) is 22.0. The molecule has 3 amide bonds. The first-order chi connectivity index (χ1) is 18.3. The predicted molar refractivity (Wildman–Crippen MR) is 137 cm³/mol. The number of nitrogens with one attached hydrogen (secondary N) is 1. The number of aromatic nitrogens is 1. The van der Waals surface area contributed by atoms with Crippen molar-refractivity contribution in [2.45, 2.75) is 45.2 Å². The average Bonchev–Trinajstić information content (AvgIpc) is 2.88. The van der Waals surface area contributed by atoms with Gasteiger partial charge >= 0.3 is 12.2 Å². The van der Waals surface area contributed by atoms with Gasteiger partial charge in [-0.1, -0.05) is 18.8 Å². The summed E-state index contributed by atoms with van der Waals surface area (Å²) < 4.78 is 44.6. The Morgan fingerprint density at radius 2 is 1.97 bits per heavy atom. The van der Waals surface area contributed by atoms with E-state index in [0.29, 0.717) is 5.56 Å². The number of likely N-dealkylation sites (N-methyl/N-ethyl adjacent to an activating group) is 1. The van der Waals surface area contributed by atoms with Crippen molar-refractivity contribution in [3.63, 3.8) is 0 Å². The Morgan fingerprint density at radius 1 is 1.31 bits per heavy atom. The molecule has 1 aliphatic heterocycles. The third kappa shape index (κ3) is 7.61. The van der Waals surface area contributed by atoms with Gasteiger partial charge in [0.15, 0.2) is 0 Å². The van der Waals surface area contributed by atoms with Gasteiger partial charge in [-0.25, -0.2) is 9.78 Å². The van der Waals surface area contributed by atoms with E-state index in [1.807, 2.05) is 6.92 Å². The SMILES string of the molecule is C[C@@H]1CN([C@H](C)CO)C(=O)c2cc(C#C[C@@H](C)O)cnc2O[C@H]1CN(C)C(=O)Nc1ccc(C(F)(F)F)cc1. The molecule has 0 radical (unpaired) electrons. The fraction of sp³-hybridized carbons (Fsp3) is 0.444. The molecule has 3 rings (SSSR count). The molecule has 9 nitrogen and oxygen atoms in total. The molecule has 210 valence electrons. The van der Waals surface area contributed by atoms with Crippen molar-refractivity contribution in [3.05, 3.63) is 53.2 Å². The van der Waals surface area contributed by atoms with Crippen LogP contribution in [0.3, 0.4) is 0 Å². The maximum Gasteiger partial charge on any atom is 0.416 e. The second-order valence-electron chi connectivity index (χ2n) is 9.53. The molecule has 0 saturated carbocycles. The van der Waals surface area contributed by atoms with Crippen molar-refractivity contribution >= 4 is 17.6 Å². The van der Waals surface area contributed by atoms with Gasteiger partial charge in [0.1, 0.15) is 17.8 Å². The van der Waals surface area contributed by atoms with Crippen LogP contribution in [0.5, 0.6) is 5.88 Å². The van der Waals surface area contributed by atoms with E-state index in [-0.39, 0.29) is 42.7 Å². The van der Waals surface area contributed by atoms with Crippen LogP contribution in [0.25, 0.3) is 0 Å². The molecular weight excluding hydrogens is 517 g/mol. The molecular formula is C27H31F3N4O5. The summed E-state index contributed by atoms with van der Waals surface area (Å²) in [7, 11) is 1.51. The minimum Gasteiger partial charge on any atom is -0.472 e. The Labute approximate surface area is 224 Å². The molecule has 2 aromatic rings. The summed E-state index contributed by atoms with van der Waals surface area (Å²) in [6.07, 6.45) is -4.58. The maximum absolute atomic E-state index is 13.4. The van der Waals surface area contributed by atoms with Gasteiger partial charge in [-0.05, 0) is 44.2 Å². The van der Waals surface area contributed by atoms with E-state index in [0.717, 1.165) is 12.1 Å². The molecule has 2 heterocycles. The number of aliphatic hydroxyl groups is 2. The van der Waals surface area contributed by atoms with Crippen LogP contribution in [0.4, 0.5) is 23.7 Å². The first-order valence-electron chi connectivity index (χ1n) is 12.3. The van der Waals surface area contributed by atoms with Gasteiger partial charge in [0.2, 0.25) is 5.88 Å². The minimum atomic E-state index is -4.48. The number of pyridine rings is 1. The maximum atomic E-state index is 13.4. The third-order valence-electron chi connectivity index (χ3n) is 6.21. The smallest absolute Gasteiger partial charge is 0.416 e. The van der Waals surface area contributed by atoms with Crippen molar-refractivity contribution in [1.82, 2.24) is 14.8 Å². The van der Waals surface area contributed by atoms with Gasteiger partial charge in [-0.3, -0.25) is 4.79 Å². The lowest BCUT2D eigenvalue weighted by molar-refractivity contribution is -0.137. The van der Waals surface area contributed by atoms with E-state index in [9.17, 15) is 33.0 Å². The summed E-state index contributed by atoms with van der Waals surface area (Å²) in [5, 5.41) is 21.8. The van der Waals surface area contributed by atoms with Crippen LogP contribution in [0.15, 0.2) is 36.5 Å². The van der Waals surface area contributed by atoms with E-state index in [1.165, 1.54) is 48.2 Å². The monoisotopic (exact) mass is 548 g/mol. The van der Waals surface area contributed by atoms with Crippen LogP contribution < -0.4 is 10.1 Å². The number of aliphatic hydroxyl groups excluding tert-OH is 2. The van der Waals surface area contributed by atoms with Crippen molar-refractivity contribution in [2.24, 2.45) is 5.92 Å². The Bertz CT molecular complexity index is 1240. The lowest BCUT2D eigenvalue weighted by Gasteiger charge is -2.37. The second kappa shape index (κ2) is 12.4. The van der Waals surface area contributed by atoms with Gasteiger partial charge < -0.3 is 30.1 Å². The van der Waals surface area contributed by atoms with E-state index < -0.39 is 41.9 Å². The number of amides is 3. The summed E-state index contributed by atoms with van der Waals surface area (Å²) in [4.78, 5) is 33.3.